The molecule has 0 aromatic heterocycles. The molecule has 5 rings (SSSR count). The van der Waals surface area contributed by atoms with Crippen LogP contribution in [0.5, 0.6) is 46.0 Å². The highest BCUT2D eigenvalue weighted by atomic mass is 16.6. The van der Waals surface area contributed by atoms with Gasteiger partial charge in [-0.15, -0.1) is 0 Å². The highest BCUT2D eigenvalue weighted by molar-refractivity contribution is 5.74. The number of hydrogen-bond donors (Lipinski definition) is 8. The van der Waals surface area contributed by atoms with Crippen LogP contribution in [0.1, 0.15) is 334 Å². The lowest BCUT2D eigenvalue weighted by atomic mass is 9.73. The summed E-state index contributed by atoms with van der Waals surface area (Å²) >= 11 is 0. The largest absolute Gasteiger partial charge is 0.507 e. The molecule has 0 saturated carbocycles. The third-order valence-corrected chi connectivity index (χ3v) is 18.7. The SMILES string of the molecule is CCCCN(Cc1c(O)c2cc(c1O)C(CC(C)C)c1cc(c(O)c(CN(CCCC)C(=O)OC(C)(C)C)c1O)C(CC(C)C)c1cc(c(O)c(CN(CCCC)C(=O)OC(C)(C)C)c1O)C(CC(C)C)c1cc(c(O)c(CN(CCCC)C(=O)OC(C)(C)C)c1O)C2CC(C)C)C(=O)OC(C)(C)C. The fourth-order valence-electron chi connectivity index (χ4n) is 13.8. The average Bonchev–Trinajstić information content (AvgIpc) is 0.734. The first-order chi connectivity index (χ1) is 48.2. The summed E-state index contributed by atoms with van der Waals surface area (Å²) in [6.07, 6.45) is 2.60. The fourth-order valence-corrected chi connectivity index (χ4v) is 13.8. The first-order valence-corrected chi connectivity index (χ1v) is 38.4. The molecule has 8 N–H and O–H groups in total. The van der Waals surface area contributed by atoms with Gasteiger partial charge in [0.05, 0.1) is 48.4 Å². The number of carbonyl (C=O) groups is 4. The smallest absolute Gasteiger partial charge is 0.410 e. The molecule has 0 heterocycles. The second kappa shape index (κ2) is 36.6. The van der Waals surface area contributed by atoms with Crippen LogP contribution in [0, 0.1) is 23.7 Å². The fraction of sp³-hybridized carbons (Fsp3) is 0.667. The van der Waals surface area contributed by atoms with Gasteiger partial charge >= 0.3 is 24.4 Å². The number of carbonyl (C=O) groups excluding carboxylic acids is 4. The van der Waals surface area contributed by atoms with Gasteiger partial charge in [0.15, 0.2) is 0 Å². The van der Waals surface area contributed by atoms with E-state index in [2.05, 4.69) is 0 Å². The topological polar surface area (TPSA) is 280 Å². The van der Waals surface area contributed by atoms with Crippen molar-refractivity contribution in [3.8, 4) is 46.0 Å². The lowest BCUT2D eigenvalue weighted by molar-refractivity contribution is 0.0218. The highest BCUT2D eigenvalue weighted by Crippen LogP contribution is 2.57. The van der Waals surface area contributed by atoms with Crippen LogP contribution >= 0.6 is 0 Å². The standard InChI is InChI=1S/C84H132N4O16/c1-25-29-33-85(77(97)101-81(13,14)15)45-65-69(89)57-41-58(70(65)90)54(38-50(7)8)60-43-62(74(94)67(72(60)92)47-87(35-31-27-3)79(99)103-83(19,20)21)56(40-52(11)12)64-44-63(75(95)68(76(64)96)48-88(36-32-28-4)80(100)104-84(22,23)24)55(39-51(9)10)61-42-59(53(57)37-49(5)6)71(91)66(73(61)93)46-86(34-30-26-2)78(98)102-82(16,17)18/h41-44,49-56,89-96H,25-40,45-48H2,1-24H3. The Hall–Kier alpha value is -7.64. The summed E-state index contributed by atoms with van der Waals surface area (Å²) in [5.74, 6) is -8.52. The Kier molecular flexibility index (Phi) is 30.6. The van der Waals surface area contributed by atoms with E-state index < -0.39 is 116 Å². The normalized spacial score (nSPS) is 15.7. The monoisotopic (exact) mass is 1450 g/mol. The van der Waals surface area contributed by atoms with Crippen molar-refractivity contribution in [1.29, 1.82) is 0 Å². The molecule has 0 saturated heterocycles. The molecule has 0 aliphatic heterocycles. The average molecular weight is 1450 g/mol. The summed E-state index contributed by atoms with van der Waals surface area (Å²) in [5.41, 5.74) is -2.61. The second-order valence-corrected chi connectivity index (χ2v) is 34.7. The summed E-state index contributed by atoms with van der Waals surface area (Å²) < 4.78 is 24.2. The maximum Gasteiger partial charge on any atom is 0.410 e. The van der Waals surface area contributed by atoms with E-state index in [0.29, 0.717) is 51.4 Å². The van der Waals surface area contributed by atoms with Crippen LogP contribution in [0.4, 0.5) is 19.2 Å². The van der Waals surface area contributed by atoms with E-state index in [1.165, 1.54) is 19.6 Å². The minimum absolute atomic E-state index is 0.0704. The Morgan fingerprint density at radius 2 is 0.452 bits per heavy atom. The van der Waals surface area contributed by atoms with Crippen LogP contribution in [0.3, 0.4) is 0 Å². The van der Waals surface area contributed by atoms with Crippen molar-refractivity contribution in [2.75, 3.05) is 26.2 Å². The number of amides is 4. The zero-order valence-corrected chi connectivity index (χ0v) is 67.7. The van der Waals surface area contributed by atoms with Gasteiger partial charge in [0.2, 0.25) is 0 Å². The summed E-state index contributed by atoms with van der Waals surface area (Å²) in [7, 11) is 0. The Labute approximate surface area is 622 Å². The number of fused-ring (bicyclic) bond motifs is 8. The summed E-state index contributed by atoms with van der Waals surface area (Å²) in [6.45, 7) is 43.8. The molecule has 1 aliphatic rings. The molecule has 8 bridgehead atoms. The van der Waals surface area contributed by atoms with Crippen LogP contribution in [0.15, 0.2) is 24.3 Å². The maximum atomic E-state index is 14.6. The molecule has 1 aliphatic carbocycles. The predicted octanol–water partition coefficient (Wildman–Crippen LogP) is 20.5. The van der Waals surface area contributed by atoms with Crippen LogP contribution in [0.25, 0.3) is 0 Å². The van der Waals surface area contributed by atoms with Crippen LogP contribution < -0.4 is 0 Å². The minimum atomic E-state index is -1.06. The number of unbranched alkanes of at least 4 members (excludes halogenated alkanes) is 4. The number of rotatable bonds is 28. The van der Waals surface area contributed by atoms with Crippen molar-refractivity contribution in [1.82, 2.24) is 19.6 Å². The number of phenols is 8. The van der Waals surface area contributed by atoms with Crippen molar-refractivity contribution in [3.63, 3.8) is 0 Å². The van der Waals surface area contributed by atoms with Gasteiger partial charge in [-0.3, -0.25) is 0 Å². The molecule has 104 heavy (non-hydrogen) atoms. The van der Waals surface area contributed by atoms with Crippen molar-refractivity contribution in [2.45, 2.75) is 315 Å². The van der Waals surface area contributed by atoms with Crippen molar-refractivity contribution >= 4 is 24.4 Å². The molecule has 0 radical (unpaired) electrons. The molecule has 4 amide bonds. The number of nitrogens with zero attached hydrogens (tertiary/aromatic N) is 4. The van der Waals surface area contributed by atoms with Gasteiger partial charge < -0.3 is 79.4 Å². The van der Waals surface area contributed by atoms with Crippen LogP contribution in [-0.2, 0) is 45.1 Å². The van der Waals surface area contributed by atoms with E-state index in [4.69, 9.17) is 18.9 Å². The third-order valence-electron chi connectivity index (χ3n) is 18.7. The zero-order chi connectivity index (χ0) is 78.6. The number of phenolic OH excluding ortho intramolecular Hbond substituents is 8. The lowest BCUT2D eigenvalue weighted by Gasteiger charge is -2.34. The van der Waals surface area contributed by atoms with Crippen LogP contribution in [0.2, 0.25) is 0 Å². The molecule has 4 aromatic carbocycles. The second-order valence-electron chi connectivity index (χ2n) is 34.7. The van der Waals surface area contributed by atoms with Gasteiger partial charge in [0, 0.05) is 94.4 Å². The zero-order valence-electron chi connectivity index (χ0n) is 67.7. The minimum Gasteiger partial charge on any atom is -0.507 e. The Morgan fingerprint density at radius 1 is 0.308 bits per heavy atom. The Bertz CT molecular complexity index is 2990. The first kappa shape index (κ1) is 87.0. The van der Waals surface area contributed by atoms with Gasteiger partial charge in [0.1, 0.15) is 68.4 Å². The molecule has 20 heteroatoms. The van der Waals surface area contributed by atoms with Gasteiger partial charge in [-0.05, 0) is 182 Å². The van der Waals surface area contributed by atoms with Crippen molar-refractivity contribution < 1.29 is 79.0 Å². The number of ether oxygens (including phenoxy) is 4. The quantitative estimate of drug-likeness (QED) is 0.0245. The molecule has 0 unspecified atom stereocenters. The maximum absolute atomic E-state index is 14.6. The van der Waals surface area contributed by atoms with Crippen molar-refractivity contribution in [2.24, 2.45) is 23.7 Å². The molecular formula is C84H132N4O16. The summed E-state index contributed by atoms with van der Waals surface area (Å²) in [6, 6.07) is 6.73. The third kappa shape index (κ3) is 23.2. The molecular weight excluding hydrogens is 1320 g/mol. The molecule has 0 spiro atoms. The van der Waals surface area contributed by atoms with Crippen molar-refractivity contribution in [3.05, 3.63) is 91.0 Å². The predicted molar refractivity (Wildman–Crippen MR) is 410 cm³/mol. The van der Waals surface area contributed by atoms with E-state index in [-0.39, 0.29) is 168 Å². The van der Waals surface area contributed by atoms with E-state index in [1.807, 2.05) is 83.1 Å². The number of hydrogen-bond acceptors (Lipinski definition) is 16. The van der Waals surface area contributed by atoms with Crippen LogP contribution in [-0.4, -0.2) is 133 Å². The number of benzene rings is 4. The van der Waals surface area contributed by atoms with E-state index in [0.717, 1.165) is 0 Å². The summed E-state index contributed by atoms with van der Waals surface area (Å²) in [5, 5.41) is 109. The molecule has 584 valence electrons. The highest BCUT2D eigenvalue weighted by Gasteiger charge is 2.41. The van der Waals surface area contributed by atoms with Gasteiger partial charge in [0.25, 0.3) is 0 Å². The van der Waals surface area contributed by atoms with E-state index in [1.54, 1.807) is 107 Å². The molecule has 20 nitrogen and oxygen atoms in total. The van der Waals surface area contributed by atoms with E-state index >= 15 is 0 Å². The van der Waals surface area contributed by atoms with Gasteiger partial charge in [-0.1, -0.05) is 109 Å². The summed E-state index contributed by atoms with van der Waals surface area (Å²) in [4.78, 5) is 64.3. The Balaban J connectivity index is 2.33. The van der Waals surface area contributed by atoms with Gasteiger partial charge in [-0.2, -0.15) is 0 Å². The molecule has 0 fully saturated rings. The molecule has 0 atom stereocenters. The lowest BCUT2D eigenvalue weighted by Crippen LogP contribution is -2.37. The first-order valence-electron chi connectivity index (χ1n) is 38.4. The Morgan fingerprint density at radius 3 is 0.567 bits per heavy atom. The van der Waals surface area contributed by atoms with Gasteiger partial charge in [-0.25, -0.2) is 19.2 Å². The number of aromatic hydroxyl groups is 8. The van der Waals surface area contributed by atoms with E-state index in [9.17, 15) is 60.0 Å². The molecule has 4 aromatic rings.